The molecular formula is C13H16Cl2N2O. The summed E-state index contributed by atoms with van der Waals surface area (Å²) in [4.78, 5) is 4.54. The number of para-hydroxylation sites is 1. The van der Waals surface area contributed by atoms with Gasteiger partial charge in [0.15, 0.2) is 0 Å². The number of rotatable bonds is 5. The SMILES string of the molecule is CCOCCn1c(C(C)Cl)nc2cccc(Cl)c21. The van der Waals surface area contributed by atoms with Crippen LogP contribution >= 0.6 is 23.2 Å². The molecule has 1 unspecified atom stereocenters. The molecule has 1 aromatic heterocycles. The lowest BCUT2D eigenvalue weighted by molar-refractivity contribution is 0.139. The van der Waals surface area contributed by atoms with E-state index in [0.717, 1.165) is 16.9 Å². The van der Waals surface area contributed by atoms with Gasteiger partial charge >= 0.3 is 0 Å². The number of halogens is 2. The summed E-state index contributed by atoms with van der Waals surface area (Å²) in [7, 11) is 0. The highest BCUT2D eigenvalue weighted by atomic mass is 35.5. The van der Waals surface area contributed by atoms with Crippen LogP contribution in [0, 0.1) is 0 Å². The van der Waals surface area contributed by atoms with Gasteiger partial charge in [0.05, 0.1) is 28.0 Å². The van der Waals surface area contributed by atoms with Crippen LogP contribution in [-0.2, 0) is 11.3 Å². The summed E-state index contributed by atoms with van der Waals surface area (Å²) >= 11 is 12.4. The second kappa shape index (κ2) is 5.91. The van der Waals surface area contributed by atoms with Gasteiger partial charge in [0, 0.05) is 13.2 Å². The highest BCUT2D eigenvalue weighted by Crippen LogP contribution is 2.29. The second-order valence-electron chi connectivity index (χ2n) is 4.04. The Labute approximate surface area is 117 Å². The third kappa shape index (κ3) is 2.63. The first kappa shape index (κ1) is 13.7. The van der Waals surface area contributed by atoms with Crippen LogP contribution in [0.25, 0.3) is 11.0 Å². The molecule has 0 spiro atoms. The summed E-state index contributed by atoms with van der Waals surface area (Å²) in [6.07, 6.45) is 0. The smallest absolute Gasteiger partial charge is 0.127 e. The van der Waals surface area contributed by atoms with E-state index >= 15 is 0 Å². The maximum atomic E-state index is 6.25. The number of fused-ring (bicyclic) bond motifs is 1. The second-order valence-corrected chi connectivity index (χ2v) is 5.10. The molecule has 0 amide bonds. The average Bonchev–Trinajstić information content (AvgIpc) is 2.70. The molecule has 1 heterocycles. The lowest BCUT2D eigenvalue weighted by Crippen LogP contribution is -2.10. The van der Waals surface area contributed by atoms with Gasteiger partial charge in [-0.15, -0.1) is 11.6 Å². The number of hydrogen-bond acceptors (Lipinski definition) is 2. The van der Waals surface area contributed by atoms with Crippen LogP contribution in [0.2, 0.25) is 5.02 Å². The molecule has 0 saturated carbocycles. The van der Waals surface area contributed by atoms with E-state index in [-0.39, 0.29) is 5.38 Å². The first-order valence-electron chi connectivity index (χ1n) is 6.01. The quantitative estimate of drug-likeness (QED) is 0.613. The van der Waals surface area contributed by atoms with E-state index in [4.69, 9.17) is 27.9 Å². The number of nitrogens with zero attached hydrogens (tertiary/aromatic N) is 2. The molecule has 0 fully saturated rings. The number of ether oxygens (including phenoxy) is 1. The Hall–Kier alpha value is -0.770. The fourth-order valence-electron chi connectivity index (χ4n) is 1.99. The Morgan fingerprint density at radius 1 is 1.44 bits per heavy atom. The van der Waals surface area contributed by atoms with E-state index in [9.17, 15) is 0 Å². The summed E-state index contributed by atoms with van der Waals surface area (Å²) in [6.45, 7) is 5.92. The molecule has 0 aliphatic carbocycles. The summed E-state index contributed by atoms with van der Waals surface area (Å²) in [5.74, 6) is 0.833. The van der Waals surface area contributed by atoms with Gasteiger partial charge in [0.1, 0.15) is 5.82 Å². The topological polar surface area (TPSA) is 27.1 Å². The van der Waals surface area contributed by atoms with Gasteiger partial charge in [-0.2, -0.15) is 0 Å². The van der Waals surface area contributed by atoms with Gasteiger partial charge in [-0.25, -0.2) is 4.98 Å². The summed E-state index contributed by atoms with van der Waals surface area (Å²) < 4.78 is 7.44. The van der Waals surface area contributed by atoms with Crippen molar-refractivity contribution in [3.05, 3.63) is 29.0 Å². The fraction of sp³-hybridized carbons (Fsp3) is 0.462. The maximum absolute atomic E-state index is 6.25. The Morgan fingerprint density at radius 3 is 2.89 bits per heavy atom. The molecule has 1 atom stereocenters. The zero-order chi connectivity index (χ0) is 13.1. The molecule has 0 aliphatic rings. The van der Waals surface area contributed by atoms with Crippen LogP contribution in [0.1, 0.15) is 25.0 Å². The van der Waals surface area contributed by atoms with E-state index in [1.165, 1.54) is 0 Å². The lowest BCUT2D eigenvalue weighted by atomic mass is 10.3. The van der Waals surface area contributed by atoms with Crippen molar-refractivity contribution in [1.82, 2.24) is 9.55 Å². The predicted octanol–water partition coefficient (Wildman–Crippen LogP) is 4.03. The summed E-state index contributed by atoms with van der Waals surface area (Å²) in [5, 5.41) is 0.537. The molecule has 0 N–H and O–H groups in total. The minimum Gasteiger partial charge on any atom is -0.380 e. The molecule has 18 heavy (non-hydrogen) atoms. The van der Waals surface area contributed by atoms with Crippen LogP contribution in [0.5, 0.6) is 0 Å². The number of aromatic nitrogens is 2. The molecular weight excluding hydrogens is 271 g/mol. The van der Waals surface area contributed by atoms with Crippen molar-refractivity contribution in [2.24, 2.45) is 0 Å². The fourth-order valence-corrected chi connectivity index (χ4v) is 2.43. The molecule has 5 heteroatoms. The Kier molecular flexibility index (Phi) is 4.49. The molecule has 0 aliphatic heterocycles. The van der Waals surface area contributed by atoms with Crippen molar-refractivity contribution in [2.45, 2.75) is 25.8 Å². The van der Waals surface area contributed by atoms with Crippen LogP contribution in [0.4, 0.5) is 0 Å². The normalized spacial score (nSPS) is 13.1. The Morgan fingerprint density at radius 2 is 2.22 bits per heavy atom. The van der Waals surface area contributed by atoms with E-state index in [1.807, 2.05) is 36.6 Å². The third-order valence-electron chi connectivity index (χ3n) is 2.77. The minimum atomic E-state index is -0.157. The van der Waals surface area contributed by atoms with Gasteiger partial charge in [-0.1, -0.05) is 17.7 Å². The zero-order valence-corrected chi connectivity index (χ0v) is 12.0. The minimum absolute atomic E-state index is 0.157. The molecule has 0 radical (unpaired) electrons. The molecule has 0 bridgehead atoms. The first-order valence-corrected chi connectivity index (χ1v) is 6.83. The number of benzene rings is 1. The van der Waals surface area contributed by atoms with Crippen molar-refractivity contribution in [3.8, 4) is 0 Å². The molecule has 2 rings (SSSR count). The van der Waals surface area contributed by atoms with Crippen LogP contribution in [0.3, 0.4) is 0 Å². The largest absolute Gasteiger partial charge is 0.380 e. The number of alkyl halides is 1. The van der Waals surface area contributed by atoms with Gasteiger partial charge < -0.3 is 9.30 Å². The molecule has 98 valence electrons. The molecule has 0 saturated heterocycles. The number of imidazole rings is 1. The first-order chi connectivity index (χ1) is 8.65. The third-order valence-corrected chi connectivity index (χ3v) is 3.27. The highest BCUT2D eigenvalue weighted by molar-refractivity contribution is 6.35. The van der Waals surface area contributed by atoms with Gasteiger partial charge in [-0.3, -0.25) is 0 Å². The Balaban J connectivity index is 2.47. The van der Waals surface area contributed by atoms with Crippen molar-refractivity contribution in [2.75, 3.05) is 13.2 Å². The van der Waals surface area contributed by atoms with Crippen molar-refractivity contribution < 1.29 is 4.74 Å². The number of hydrogen-bond donors (Lipinski definition) is 0. The van der Waals surface area contributed by atoms with E-state index in [2.05, 4.69) is 4.98 Å². The van der Waals surface area contributed by atoms with Gasteiger partial charge in [-0.05, 0) is 26.0 Å². The summed E-state index contributed by atoms with van der Waals surface area (Å²) in [5.41, 5.74) is 1.81. The molecule has 1 aromatic carbocycles. The Bertz CT molecular complexity index is 537. The van der Waals surface area contributed by atoms with E-state index < -0.39 is 0 Å². The molecule has 2 aromatic rings. The van der Waals surface area contributed by atoms with Crippen LogP contribution in [0.15, 0.2) is 18.2 Å². The van der Waals surface area contributed by atoms with E-state index in [1.54, 1.807) is 0 Å². The maximum Gasteiger partial charge on any atom is 0.127 e. The highest BCUT2D eigenvalue weighted by Gasteiger charge is 2.16. The van der Waals surface area contributed by atoms with E-state index in [0.29, 0.717) is 24.8 Å². The zero-order valence-electron chi connectivity index (χ0n) is 10.5. The summed E-state index contributed by atoms with van der Waals surface area (Å²) in [6, 6.07) is 5.71. The predicted molar refractivity (Wildman–Crippen MR) is 75.5 cm³/mol. The van der Waals surface area contributed by atoms with Crippen molar-refractivity contribution in [1.29, 1.82) is 0 Å². The van der Waals surface area contributed by atoms with Gasteiger partial charge in [0.25, 0.3) is 0 Å². The van der Waals surface area contributed by atoms with Gasteiger partial charge in [0.2, 0.25) is 0 Å². The standard InChI is InChI=1S/C13H16Cl2N2O/c1-3-18-8-7-17-12-10(15)5-4-6-11(12)16-13(17)9(2)14/h4-6,9H,3,7-8H2,1-2H3. The van der Waals surface area contributed by atoms with Crippen molar-refractivity contribution >= 4 is 34.2 Å². The van der Waals surface area contributed by atoms with Crippen LogP contribution < -0.4 is 0 Å². The lowest BCUT2D eigenvalue weighted by Gasteiger charge is -2.11. The average molecular weight is 287 g/mol. The van der Waals surface area contributed by atoms with Crippen molar-refractivity contribution in [3.63, 3.8) is 0 Å². The van der Waals surface area contributed by atoms with Crippen LogP contribution in [-0.4, -0.2) is 22.8 Å². The molecule has 3 nitrogen and oxygen atoms in total. The monoisotopic (exact) mass is 286 g/mol.